The summed E-state index contributed by atoms with van der Waals surface area (Å²) in [7, 11) is -4.51. The summed E-state index contributed by atoms with van der Waals surface area (Å²) in [6.45, 7) is 17.9. The highest BCUT2D eigenvalue weighted by molar-refractivity contribution is 7.89. The zero-order valence-electron chi connectivity index (χ0n) is 57.4. The number of carbonyl (C=O) groups is 6. The van der Waals surface area contributed by atoms with Gasteiger partial charge in [-0.2, -0.15) is 4.31 Å². The highest BCUT2D eigenvalue weighted by Gasteiger charge is 2.34. The number of fused-ring (bicyclic) bond motifs is 2. The largest absolute Gasteiger partial charge is 0.456 e. The summed E-state index contributed by atoms with van der Waals surface area (Å²) < 4.78 is 66.9. The van der Waals surface area contributed by atoms with Crippen LogP contribution in [0.5, 0.6) is 0 Å². The monoisotopic (exact) mass is 1370 g/mol. The van der Waals surface area contributed by atoms with Crippen molar-refractivity contribution in [2.75, 3.05) is 76.9 Å². The number of aromatic nitrogens is 3. The van der Waals surface area contributed by atoms with Crippen LogP contribution in [0.2, 0.25) is 0 Å². The Hall–Kier alpha value is -9.52. The molecule has 99 heavy (non-hydrogen) atoms. The zero-order chi connectivity index (χ0) is 70.9. The van der Waals surface area contributed by atoms with E-state index in [4.69, 9.17) is 4.42 Å². The minimum absolute atomic E-state index is 0.00249. The SMILES string of the molecule is CCN(CC)c1ccc2c(-c3ccccc3C(=O)N3CCN(C(=O)CCC(=O)NCCCCCC(=O)N[C@@H](Cc4ccc(C(=O)c5ccccc5)cc4)C(=O)NCc4cn([C@@H](C)C(O)CN(CC(C)C)S(=O)(=O)c5ccc(F)cc5F)nn4)CC3)c3ccc(=[N+](CC)CC)cc-3oc2c1. The molecule has 3 heterocycles. The van der Waals surface area contributed by atoms with Crippen molar-refractivity contribution in [3.05, 3.63) is 185 Å². The van der Waals surface area contributed by atoms with E-state index in [1.54, 1.807) is 79.1 Å². The molecule has 1 saturated heterocycles. The molecule has 6 aromatic rings. The standard InChI is InChI=1S/C75H89F2N11O10S/c1-8-83(9-2)57-30-32-61-66(44-57)98-67-45-58(84(10-3)11-4)31-33-62(67)72(61)59-22-17-18-23-60(59)75(95)86-40-38-85(39-41-86)71(92)36-35-69(90)78-37-19-13-16-24-70(91)80-64(42-52-25-27-54(28-26-52)73(93)53-20-14-12-15-21-53)74(94)79-46-56-48-88(82-81-56)51(7)65(89)49-87(47-50(5)6)99(96,97)68-34-29-55(76)43-63(68)77/h12,14-15,17-18,20-23,25-34,43-45,48,50-51,64-65,89H,8-11,13,16,19,24,35-42,46-47,49H2,1-7H3,(H2-,78,79,80,90,91,94)/p+1/t51-,64-,65?/m0/s1. The number of nitrogens with one attached hydrogen (secondary N) is 3. The summed E-state index contributed by atoms with van der Waals surface area (Å²) in [6.07, 6.45) is 1.77. The van der Waals surface area contributed by atoms with Gasteiger partial charge in [-0.25, -0.2) is 26.5 Å². The number of sulfonamides is 1. The Balaban J connectivity index is 0.746. The molecule has 9 rings (SSSR count). The number of unbranched alkanes of at least 4 members (excludes halogenated alkanes) is 2. The Morgan fingerprint density at radius 1 is 0.707 bits per heavy atom. The van der Waals surface area contributed by atoms with Crippen LogP contribution in [0.15, 0.2) is 149 Å². The quantitative estimate of drug-likeness (QED) is 0.0133. The number of piperazine rings is 1. The van der Waals surface area contributed by atoms with E-state index in [9.17, 15) is 51.1 Å². The lowest BCUT2D eigenvalue weighted by Crippen LogP contribution is -2.50. The van der Waals surface area contributed by atoms with Gasteiger partial charge in [0.05, 0.1) is 31.0 Å². The van der Waals surface area contributed by atoms with Gasteiger partial charge in [-0.1, -0.05) is 98.3 Å². The van der Waals surface area contributed by atoms with Crippen molar-refractivity contribution in [1.29, 1.82) is 0 Å². The molecule has 5 amide bonds. The van der Waals surface area contributed by atoms with E-state index in [0.29, 0.717) is 80.3 Å². The van der Waals surface area contributed by atoms with Crippen LogP contribution in [0.1, 0.15) is 131 Å². The van der Waals surface area contributed by atoms with Crippen LogP contribution in [0.3, 0.4) is 0 Å². The van der Waals surface area contributed by atoms with Crippen LogP contribution < -0.4 is 30.8 Å². The lowest BCUT2D eigenvalue weighted by molar-refractivity contribution is -0.134. The number of carbonyl (C=O) groups excluding carboxylic acids is 6. The maximum atomic E-state index is 14.8. The van der Waals surface area contributed by atoms with Crippen LogP contribution in [-0.4, -0.2) is 162 Å². The maximum absolute atomic E-state index is 14.8. The van der Waals surface area contributed by atoms with Gasteiger partial charge in [0.25, 0.3) is 5.91 Å². The van der Waals surface area contributed by atoms with Crippen LogP contribution >= 0.6 is 0 Å². The third kappa shape index (κ3) is 18.6. The van der Waals surface area contributed by atoms with Gasteiger partial charge in [-0.3, -0.25) is 28.8 Å². The molecule has 0 spiro atoms. The van der Waals surface area contributed by atoms with E-state index in [1.807, 2.05) is 30.3 Å². The molecule has 24 heteroatoms. The van der Waals surface area contributed by atoms with E-state index >= 15 is 0 Å². The van der Waals surface area contributed by atoms with Crippen LogP contribution in [0.25, 0.3) is 33.4 Å². The highest BCUT2D eigenvalue weighted by Crippen LogP contribution is 2.42. The molecule has 1 aliphatic carbocycles. The van der Waals surface area contributed by atoms with Gasteiger partial charge in [-0.15, -0.1) is 5.10 Å². The number of anilines is 1. The van der Waals surface area contributed by atoms with Gasteiger partial charge >= 0.3 is 0 Å². The number of amides is 5. The number of benzene rings is 6. The number of aliphatic hydroxyl groups excluding tert-OH is 1. The molecule has 1 aromatic heterocycles. The molecule has 3 atom stereocenters. The highest BCUT2D eigenvalue weighted by atomic mass is 32.2. The van der Waals surface area contributed by atoms with Gasteiger partial charge in [0.15, 0.2) is 5.78 Å². The number of ketones is 1. The molecule has 21 nitrogen and oxygen atoms in total. The molecule has 0 saturated carbocycles. The molecule has 524 valence electrons. The molecule has 5 aromatic carbocycles. The molecule has 3 aliphatic rings. The number of nitrogens with zero attached hydrogens (tertiary/aromatic N) is 8. The Kier molecular flexibility index (Phi) is 25.5. The molecule has 2 aliphatic heterocycles. The van der Waals surface area contributed by atoms with Crippen LogP contribution in [0.4, 0.5) is 14.5 Å². The van der Waals surface area contributed by atoms with Gasteiger partial charge in [0.2, 0.25) is 39.0 Å². The second-order valence-corrected chi connectivity index (χ2v) is 27.2. The van der Waals surface area contributed by atoms with Crippen molar-refractivity contribution in [2.45, 2.75) is 123 Å². The Bertz CT molecular complexity index is 4300. The normalized spacial score (nSPS) is 13.5. The smallest absolute Gasteiger partial charge is 0.254 e. The van der Waals surface area contributed by atoms with E-state index in [0.717, 1.165) is 87.1 Å². The summed E-state index contributed by atoms with van der Waals surface area (Å²) in [4.78, 5) is 86.9. The minimum Gasteiger partial charge on any atom is -0.456 e. The van der Waals surface area contributed by atoms with Crippen molar-refractivity contribution >= 4 is 62.0 Å². The first kappa shape index (κ1) is 73.7. The third-order valence-electron chi connectivity index (χ3n) is 18.1. The maximum Gasteiger partial charge on any atom is 0.254 e. The zero-order valence-corrected chi connectivity index (χ0v) is 58.2. The molecule has 1 unspecified atom stereocenters. The van der Waals surface area contributed by atoms with E-state index in [2.05, 4.69) is 99.8 Å². The molecular weight excluding hydrogens is 1280 g/mol. The first-order valence-electron chi connectivity index (χ1n) is 34.2. The number of rotatable bonds is 32. The Morgan fingerprint density at radius 2 is 1.40 bits per heavy atom. The lowest BCUT2D eigenvalue weighted by atomic mass is 9.90. The van der Waals surface area contributed by atoms with Crippen molar-refractivity contribution in [3.63, 3.8) is 0 Å². The molecule has 0 bridgehead atoms. The topological polar surface area (TPSA) is 253 Å². The van der Waals surface area contributed by atoms with Crippen LogP contribution in [-0.2, 0) is 42.2 Å². The van der Waals surface area contributed by atoms with Gasteiger partial charge in [0.1, 0.15) is 52.7 Å². The third-order valence-corrected chi connectivity index (χ3v) is 19.9. The van der Waals surface area contributed by atoms with E-state index in [1.165, 1.54) is 10.9 Å². The van der Waals surface area contributed by atoms with E-state index < -0.39 is 63.1 Å². The number of aliphatic hydroxyl groups is 1. The van der Waals surface area contributed by atoms with Gasteiger partial charge in [0, 0.05) is 142 Å². The first-order chi connectivity index (χ1) is 47.6. The Labute approximate surface area is 577 Å². The predicted molar refractivity (Wildman–Crippen MR) is 376 cm³/mol. The van der Waals surface area contributed by atoms with Crippen molar-refractivity contribution in [3.8, 4) is 22.5 Å². The van der Waals surface area contributed by atoms with Gasteiger partial charge < -0.3 is 40.2 Å². The fraction of sp³-hybridized carbons (Fsp3) is 0.400. The summed E-state index contributed by atoms with van der Waals surface area (Å²) in [5.74, 6) is -3.42. The molecule has 0 radical (unpaired) electrons. The first-order valence-corrected chi connectivity index (χ1v) is 35.6. The van der Waals surface area contributed by atoms with Crippen molar-refractivity contribution in [2.24, 2.45) is 5.92 Å². The number of hydrogen-bond donors (Lipinski definition) is 4. The van der Waals surface area contributed by atoms with Crippen LogP contribution in [0, 0.1) is 17.6 Å². The van der Waals surface area contributed by atoms with Crippen molar-refractivity contribution < 1.29 is 55.5 Å². The molecule has 4 N–H and O–H groups in total. The lowest BCUT2D eigenvalue weighted by Gasteiger charge is -2.35. The average molecular weight is 1380 g/mol. The minimum atomic E-state index is -4.51. The average Bonchev–Trinajstić information content (AvgIpc) is 1.05. The number of halogens is 2. The number of hydrogen-bond acceptors (Lipinski definition) is 13. The van der Waals surface area contributed by atoms with E-state index in [-0.39, 0.29) is 73.9 Å². The fourth-order valence-electron chi connectivity index (χ4n) is 12.4. The fourth-order valence-corrected chi connectivity index (χ4v) is 14.1. The second kappa shape index (κ2) is 34.3. The summed E-state index contributed by atoms with van der Waals surface area (Å²) in [5, 5.41) is 30.1. The van der Waals surface area contributed by atoms with Crippen molar-refractivity contribution in [1.82, 2.24) is 49.6 Å². The molecular formula is C75H90F2N11O10S+. The summed E-state index contributed by atoms with van der Waals surface area (Å²) >= 11 is 0. The Morgan fingerprint density at radius 3 is 2.10 bits per heavy atom. The summed E-state index contributed by atoms with van der Waals surface area (Å²) in [5.41, 5.74) is 6.80. The second-order valence-electron chi connectivity index (χ2n) is 25.3. The predicted octanol–water partition coefficient (Wildman–Crippen LogP) is 9.02. The van der Waals surface area contributed by atoms with Gasteiger partial charge in [-0.05, 0) is 101 Å². The summed E-state index contributed by atoms with van der Waals surface area (Å²) in [6, 6.07) is 36.0. The molecule has 1 fully saturated rings.